The Bertz CT molecular complexity index is 680. The maximum Gasteiger partial charge on any atom is 0.226 e. The standard InChI is InChI=1S/C20H26N2O3/c1-22(15-9-13-3-4-14(10-15)21-13)20(23)17-11-16(17)12-2-5-18-19(8-12)25-7-6-24-18/h2,5,8,13-17,21H,3-4,6-7,9-11H2,1H3. The average Bonchev–Trinajstić information content (AvgIpc) is 3.38. The number of nitrogens with zero attached hydrogens (tertiary/aromatic N) is 1. The van der Waals surface area contributed by atoms with Crippen LogP contribution in [0.2, 0.25) is 0 Å². The number of hydrogen-bond donors (Lipinski definition) is 1. The van der Waals surface area contributed by atoms with Gasteiger partial charge in [-0.1, -0.05) is 6.07 Å². The summed E-state index contributed by atoms with van der Waals surface area (Å²) in [5.74, 6) is 2.45. The van der Waals surface area contributed by atoms with Gasteiger partial charge in [0.05, 0.1) is 0 Å². The Morgan fingerprint density at radius 3 is 2.56 bits per heavy atom. The van der Waals surface area contributed by atoms with Crippen LogP contribution in [0, 0.1) is 5.92 Å². The number of benzene rings is 1. The Balaban J connectivity index is 1.25. The second-order valence-corrected chi connectivity index (χ2v) is 8.06. The first-order valence-electron chi connectivity index (χ1n) is 9.61. The monoisotopic (exact) mass is 342 g/mol. The molecule has 5 rings (SSSR count). The highest BCUT2D eigenvalue weighted by molar-refractivity contribution is 5.83. The van der Waals surface area contributed by atoms with Crippen LogP contribution in [0.15, 0.2) is 18.2 Å². The predicted octanol–water partition coefficient (Wildman–Crippen LogP) is 2.30. The van der Waals surface area contributed by atoms with Gasteiger partial charge in [0, 0.05) is 31.1 Å². The first-order valence-corrected chi connectivity index (χ1v) is 9.61. The fraction of sp³-hybridized carbons (Fsp3) is 0.650. The molecule has 134 valence electrons. The molecule has 0 radical (unpaired) electrons. The highest BCUT2D eigenvalue weighted by atomic mass is 16.6. The van der Waals surface area contributed by atoms with E-state index in [0.29, 0.717) is 43.2 Å². The minimum absolute atomic E-state index is 0.139. The lowest BCUT2D eigenvalue weighted by Gasteiger charge is -2.35. The molecule has 3 fully saturated rings. The first kappa shape index (κ1) is 15.5. The summed E-state index contributed by atoms with van der Waals surface area (Å²) in [5, 5.41) is 3.66. The molecule has 4 aliphatic rings. The van der Waals surface area contributed by atoms with Crippen LogP contribution in [0.5, 0.6) is 11.5 Å². The van der Waals surface area contributed by atoms with Crippen molar-refractivity contribution in [1.82, 2.24) is 10.2 Å². The number of carbonyl (C=O) groups is 1. The van der Waals surface area contributed by atoms with E-state index in [0.717, 1.165) is 30.8 Å². The van der Waals surface area contributed by atoms with Gasteiger partial charge in [0.2, 0.25) is 5.91 Å². The zero-order valence-corrected chi connectivity index (χ0v) is 14.7. The number of rotatable bonds is 3. The molecule has 5 heteroatoms. The summed E-state index contributed by atoms with van der Waals surface area (Å²) in [4.78, 5) is 15.0. The van der Waals surface area contributed by atoms with Crippen molar-refractivity contribution in [2.75, 3.05) is 20.3 Å². The van der Waals surface area contributed by atoms with E-state index in [1.54, 1.807) is 0 Å². The lowest BCUT2D eigenvalue weighted by molar-refractivity contribution is -0.134. The number of amides is 1. The molecule has 2 bridgehead atoms. The van der Waals surface area contributed by atoms with Crippen LogP contribution < -0.4 is 14.8 Å². The summed E-state index contributed by atoms with van der Waals surface area (Å²) >= 11 is 0. The lowest BCUT2D eigenvalue weighted by Crippen LogP contribution is -2.49. The van der Waals surface area contributed by atoms with Gasteiger partial charge >= 0.3 is 0 Å². The van der Waals surface area contributed by atoms with Crippen molar-refractivity contribution in [3.05, 3.63) is 23.8 Å². The maximum absolute atomic E-state index is 13.0. The van der Waals surface area contributed by atoms with Gasteiger partial charge in [0.25, 0.3) is 0 Å². The molecule has 1 aromatic rings. The molecular formula is C20H26N2O3. The van der Waals surface area contributed by atoms with Crippen LogP contribution in [0.3, 0.4) is 0 Å². The minimum atomic E-state index is 0.139. The van der Waals surface area contributed by atoms with E-state index >= 15 is 0 Å². The number of ether oxygens (including phenoxy) is 2. The van der Waals surface area contributed by atoms with Gasteiger partial charge < -0.3 is 19.7 Å². The molecule has 5 nitrogen and oxygen atoms in total. The zero-order valence-electron chi connectivity index (χ0n) is 14.7. The third-order valence-corrected chi connectivity index (χ3v) is 6.45. The first-order chi connectivity index (χ1) is 12.2. The Kier molecular flexibility index (Phi) is 3.66. The van der Waals surface area contributed by atoms with Crippen LogP contribution in [-0.4, -0.2) is 49.2 Å². The number of nitrogens with one attached hydrogen (secondary N) is 1. The lowest BCUT2D eigenvalue weighted by atomic mass is 9.98. The highest BCUT2D eigenvalue weighted by Crippen LogP contribution is 2.50. The second-order valence-electron chi connectivity index (χ2n) is 8.06. The topological polar surface area (TPSA) is 50.8 Å². The molecule has 1 saturated carbocycles. The molecule has 25 heavy (non-hydrogen) atoms. The van der Waals surface area contributed by atoms with Crippen molar-refractivity contribution in [2.24, 2.45) is 5.92 Å². The van der Waals surface area contributed by atoms with E-state index in [-0.39, 0.29) is 5.92 Å². The van der Waals surface area contributed by atoms with E-state index in [4.69, 9.17) is 9.47 Å². The minimum Gasteiger partial charge on any atom is -0.486 e. The second kappa shape index (κ2) is 5.90. The summed E-state index contributed by atoms with van der Waals surface area (Å²) in [5.41, 5.74) is 1.21. The number of carbonyl (C=O) groups excluding carboxylic acids is 1. The van der Waals surface area contributed by atoms with Gasteiger partial charge in [-0.3, -0.25) is 4.79 Å². The smallest absolute Gasteiger partial charge is 0.226 e. The van der Waals surface area contributed by atoms with Gasteiger partial charge in [-0.2, -0.15) is 0 Å². The molecule has 1 aliphatic carbocycles. The molecule has 2 saturated heterocycles. The molecule has 3 aliphatic heterocycles. The SMILES string of the molecule is CN(C(=O)C1CC1c1ccc2c(c1)OCCO2)C1CC2CCC(C1)N2. The molecule has 0 spiro atoms. The Hall–Kier alpha value is -1.75. The van der Waals surface area contributed by atoms with Crippen LogP contribution in [-0.2, 0) is 4.79 Å². The van der Waals surface area contributed by atoms with E-state index < -0.39 is 0 Å². The van der Waals surface area contributed by atoms with Gasteiger partial charge in [0.1, 0.15) is 13.2 Å². The van der Waals surface area contributed by atoms with E-state index in [1.807, 2.05) is 13.1 Å². The maximum atomic E-state index is 13.0. The molecule has 1 amide bonds. The molecule has 4 unspecified atom stereocenters. The van der Waals surface area contributed by atoms with Crippen molar-refractivity contribution in [3.8, 4) is 11.5 Å². The molecule has 1 aromatic carbocycles. The summed E-state index contributed by atoms with van der Waals surface area (Å²) < 4.78 is 11.3. The fourth-order valence-electron chi connectivity index (χ4n) is 4.91. The number of piperidine rings is 1. The highest BCUT2D eigenvalue weighted by Gasteiger charge is 2.47. The van der Waals surface area contributed by atoms with Crippen molar-refractivity contribution in [3.63, 3.8) is 0 Å². The third-order valence-electron chi connectivity index (χ3n) is 6.45. The molecule has 0 aromatic heterocycles. The third kappa shape index (κ3) is 2.78. The van der Waals surface area contributed by atoms with E-state index in [9.17, 15) is 4.79 Å². The molecule has 4 atom stereocenters. The van der Waals surface area contributed by atoms with Crippen molar-refractivity contribution in [1.29, 1.82) is 0 Å². The van der Waals surface area contributed by atoms with Crippen molar-refractivity contribution in [2.45, 2.75) is 56.1 Å². The van der Waals surface area contributed by atoms with Crippen molar-refractivity contribution < 1.29 is 14.3 Å². The van der Waals surface area contributed by atoms with Gasteiger partial charge in [-0.15, -0.1) is 0 Å². The van der Waals surface area contributed by atoms with E-state index in [1.165, 1.54) is 18.4 Å². The molecule has 1 N–H and O–H groups in total. The normalized spacial score (nSPS) is 35.3. The summed E-state index contributed by atoms with van der Waals surface area (Å²) in [6.45, 7) is 1.21. The quantitative estimate of drug-likeness (QED) is 0.916. The average molecular weight is 342 g/mol. The van der Waals surface area contributed by atoms with Gasteiger partial charge in [-0.25, -0.2) is 0 Å². The Morgan fingerprint density at radius 2 is 1.80 bits per heavy atom. The largest absolute Gasteiger partial charge is 0.486 e. The van der Waals surface area contributed by atoms with E-state index in [2.05, 4.69) is 22.3 Å². The predicted molar refractivity (Wildman–Crippen MR) is 94.0 cm³/mol. The van der Waals surface area contributed by atoms with Crippen LogP contribution >= 0.6 is 0 Å². The summed E-state index contributed by atoms with van der Waals surface area (Å²) in [6, 6.07) is 7.79. The van der Waals surface area contributed by atoms with Crippen LogP contribution in [0.4, 0.5) is 0 Å². The molecule has 3 heterocycles. The Morgan fingerprint density at radius 1 is 1.08 bits per heavy atom. The van der Waals surface area contributed by atoms with Gasteiger partial charge in [0.15, 0.2) is 11.5 Å². The van der Waals surface area contributed by atoms with Crippen molar-refractivity contribution >= 4 is 5.91 Å². The molecular weight excluding hydrogens is 316 g/mol. The summed E-state index contributed by atoms with van der Waals surface area (Å²) in [7, 11) is 2.01. The fourth-order valence-corrected chi connectivity index (χ4v) is 4.91. The van der Waals surface area contributed by atoms with Crippen LogP contribution in [0.25, 0.3) is 0 Å². The Labute approximate surface area is 148 Å². The zero-order chi connectivity index (χ0) is 17.0. The van der Waals surface area contributed by atoms with Crippen LogP contribution in [0.1, 0.15) is 43.6 Å². The van der Waals surface area contributed by atoms with Gasteiger partial charge in [-0.05, 0) is 55.7 Å². The number of hydrogen-bond acceptors (Lipinski definition) is 4. The summed E-state index contributed by atoms with van der Waals surface area (Å²) in [6.07, 6.45) is 5.72. The number of fused-ring (bicyclic) bond motifs is 3.